The Labute approximate surface area is 177 Å². The highest BCUT2D eigenvalue weighted by Gasteiger charge is 2.29. The number of thiophene rings is 1. The van der Waals surface area contributed by atoms with Gasteiger partial charge in [0.25, 0.3) is 5.56 Å². The number of methoxy groups -OCH3 is 1. The van der Waals surface area contributed by atoms with Crippen LogP contribution >= 0.6 is 23.1 Å². The molecular formula is C21H24N2O4S2. The van der Waals surface area contributed by atoms with E-state index in [-0.39, 0.29) is 17.4 Å². The van der Waals surface area contributed by atoms with Gasteiger partial charge in [-0.1, -0.05) is 6.92 Å². The van der Waals surface area contributed by atoms with Crippen molar-refractivity contribution in [1.82, 2.24) is 9.55 Å². The molecule has 8 heteroatoms. The number of thioether (sulfide) groups is 1. The summed E-state index contributed by atoms with van der Waals surface area (Å²) < 4.78 is 6.64. The van der Waals surface area contributed by atoms with Crippen LogP contribution in [0.4, 0.5) is 0 Å². The normalized spacial score (nSPS) is 18.9. The molecule has 3 heterocycles. The van der Waals surface area contributed by atoms with Gasteiger partial charge in [-0.3, -0.25) is 19.0 Å². The molecule has 6 nitrogen and oxygen atoms in total. The molecule has 2 aromatic heterocycles. The van der Waals surface area contributed by atoms with Gasteiger partial charge in [0, 0.05) is 28.3 Å². The minimum atomic E-state index is -0.214. The van der Waals surface area contributed by atoms with Crippen LogP contribution in [0.25, 0.3) is 15.1 Å². The average Bonchev–Trinajstić information content (AvgIpc) is 2.97. The minimum Gasteiger partial charge on any atom is -0.469 e. The van der Waals surface area contributed by atoms with Gasteiger partial charge in [-0.25, -0.2) is 4.98 Å². The van der Waals surface area contributed by atoms with E-state index in [0.29, 0.717) is 44.0 Å². The molecule has 0 fully saturated rings. The molecule has 2 aromatic rings. The van der Waals surface area contributed by atoms with E-state index in [9.17, 15) is 14.4 Å². The van der Waals surface area contributed by atoms with Crippen molar-refractivity contribution in [3.05, 3.63) is 32.2 Å². The summed E-state index contributed by atoms with van der Waals surface area (Å²) in [5.74, 6) is 1.28. The fourth-order valence-electron chi connectivity index (χ4n) is 4.15. The van der Waals surface area contributed by atoms with Crippen LogP contribution < -0.4 is 5.56 Å². The second kappa shape index (κ2) is 8.44. The van der Waals surface area contributed by atoms with Crippen LogP contribution in [0.5, 0.6) is 0 Å². The summed E-state index contributed by atoms with van der Waals surface area (Å²) in [6, 6.07) is 0. The average molecular weight is 433 g/mol. The largest absolute Gasteiger partial charge is 0.469 e. The van der Waals surface area contributed by atoms with Gasteiger partial charge in [-0.2, -0.15) is 0 Å². The topological polar surface area (TPSA) is 78.3 Å². The van der Waals surface area contributed by atoms with E-state index < -0.39 is 0 Å². The van der Waals surface area contributed by atoms with Crippen LogP contribution in [0, 0.1) is 5.92 Å². The third-order valence-corrected chi connectivity index (χ3v) is 8.32. The number of aromatic nitrogens is 2. The number of aryl methyl sites for hydroxylation is 2. The van der Waals surface area contributed by atoms with Crippen molar-refractivity contribution < 1.29 is 14.3 Å². The molecule has 1 unspecified atom stereocenters. The summed E-state index contributed by atoms with van der Waals surface area (Å²) in [6.07, 6.45) is 5.17. The molecule has 0 amide bonds. The lowest BCUT2D eigenvalue weighted by Gasteiger charge is -2.17. The zero-order valence-corrected chi connectivity index (χ0v) is 18.3. The second-order valence-corrected chi connectivity index (χ2v) is 9.55. The van der Waals surface area contributed by atoms with Crippen LogP contribution in [-0.4, -0.2) is 34.7 Å². The SMILES string of the molecule is CCCSC1=C(C=O)CCc2c1sc1nc3n(c(=O)c21)CCC(C(=O)OC)CC3. The lowest BCUT2D eigenvalue weighted by Crippen LogP contribution is -2.25. The van der Waals surface area contributed by atoms with Crippen molar-refractivity contribution in [2.24, 2.45) is 5.92 Å². The van der Waals surface area contributed by atoms with E-state index >= 15 is 0 Å². The van der Waals surface area contributed by atoms with E-state index in [1.807, 2.05) is 0 Å². The maximum Gasteiger partial charge on any atom is 0.308 e. The van der Waals surface area contributed by atoms with Gasteiger partial charge in [0.2, 0.25) is 0 Å². The molecule has 0 bridgehead atoms. The molecule has 154 valence electrons. The van der Waals surface area contributed by atoms with Gasteiger partial charge in [0.05, 0.1) is 18.4 Å². The molecule has 0 saturated heterocycles. The number of rotatable bonds is 5. The molecule has 0 aromatic carbocycles. The molecule has 1 aliphatic carbocycles. The lowest BCUT2D eigenvalue weighted by atomic mass is 9.97. The van der Waals surface area contributed by atoms with Gasteiger partial charge in [-0.15, -0.1) is 23.1 Å². The molecular weight excluding hydrogens is 408 g/mol. The van der Waals surface area contributed by atoms with E-state index in [0.717, 1.165) is 50.0 Å². The van der Waals surface area contributed by atoms with Gasteiger partial charge >= 0.3 is 5.97 Å². The first kappa shape index (κ1) is 20.3. The molecule has 1 atom stereocenters. The van der Waals surface area contributed by atoms with Crippen molar-refractivity contribution in [3.8, 4) is 0 Å². The van der Waals surface area contributed by atoms with Crippen molar-refractivity contribution in [2.75, 3.05) is 12.9 Å². The zero-order valence-electron chi connectivity index (χ0n) is 16.7. The Morgan fingerprint density at radius 1 is 1.34 bits per heavy atom. The number of ether oxygens (including phenoxy) is 1. The highest BCUT2D eigenvalue weighted by Crippen LogP contribution is 2.45. The Balaban J connectivity index is 1.80. The van der Waals surface area contributed by atoms with Gasteiger partial charge < -0.3 is 4.74 Å². The number of carbonyl (C=O) groups excluding carboxylic acids is 2. The van der Waals surface area contributed by atoms with Crippen LogP contribution in [-0.2, 0) is 33.7 Å². The number of fused-ring (bicyclic) bond motifs is 4. The molecule has 4 rings (SSSR count). The van der Waals surface area contributed by atoms with Crippen molar-refractivity contribution in [2.45, 2.75) is 52.0 Å². The van der Waals surface area contributed by atoms with E-state index in [2.05, 4.69) is 6.92 Å². The molecule has 0 N–H and O–H groups in total. The number of allylic oxidation sites excluding steroid dienone is 1. The van der Waals surface area contributed by atoms with E-state index in [1.54, 1.807) is 16.3 Å². The zero-order chi connectivity index (χ0) is 20.5. The first-order chi connectivity index (χ1) is 14.1. The summed E-state index contributed by atoms with van der Waals surface area (Å²) in [4.78, 5) is 44.6. The number of hydrogen-bond donors (Lipinski definition) is 0. The first-order valence-electron chi connectivity index (χ1n) is 10.0. The van der Waals surface area contributed by atoms with Crippen molar-refractivity contribution in [3.63, 3.8) is 0 Å². The Bertz CT molecular complexity index is 1070. The quantitative estimate of drug-likeness (QED) is 0.531. The Kier molecular flexibility index (Phi) is 5.92. The summed E-state index contributed by atoms with van der Waals surface area (Å²) in [5.41, 5.74) is 1.86. The fourth-order valence-corrected chi connectivity index (χ4v) is 6.66. The van der Waals surface area contributed by atoms with Crippen LogP contribution in [0.3, 0.4) is 0 Å². The molecule has 2 aliphatic rings. The van der Waals surface area contributed by atoms with Crippen molar-refractivity contribution in [1.29, 1.82) is 0 Å². The Hall–Kier alpha value is -1.93. The standard InChI is InChI=1S/C21H24N2O4S2/c1-3-10-28-17-13(11-24)4-6-14-16-19(29-18(14)17)22-15-7-5-12(21(26)27-2)8-9-23(15)20(16)25/h11-12H,3-10H2,1-2H3. The lowest BCUT2D eigenvalue weighted by molar-refractivity contribution is -0.145. The Morgan fingerprint density at radius 3 is 2.90 bits per heavy atom. The molecule has 0 radical (unpaired) electrons. The maximum atomic E-state index is 13.4. The number of esters is 1. The highest BCUT2D eigenvalue weighted by molar-refractivity contribution is 8.08. The highest BCUT2D eigenvalue weighted by atomic mass is 32.2. The molecule has 0 spiro atoms. The predicted octanol–water partition coefficient (Wildman–Crippen LogP) is 3.58. The predicted molar refractivity (Wildman–Crippen MR) is 116 cm³/mol. The fraction of sp³-hybridized carbons (Fsp3) is 0.524. The number of hydrogen-bond acceptors (Lipinski definition) is 7. The third kappa shape index (κ3) is 3.57. The first-order valence-corrected chi connectivity index (χ1v) is 11.8. The van der Waals surface area contributed by atoms with Crippen molar-refractivity contribution >= 4 is 50.5 Å². The minimum absolute atomic E-state index is 0.0117. The van der Waals surface area contributed by atoms with Crippen LogP contribution in [0.15, 0.2) is 10.4 Å². The molecule has 0 saturated carbocycles. The summed E-state index contributed by atoms with van der Waals surface area (Å²) in [5, 5.41) is 0.699. The Morgan fingerprint density at radius 2 is 2.17 bits per heavy atom. The second-order valence-electron chi connectivity index (χ2n) is 7.44. The smallest absolute Gasteiger partial charge is 0.308 e. The van der Waals surface area contributed by atoms with E-state index in [1.165, 1.54) is 18.4 Å². The number of nitrogens with zero attached hydrogens (tertiary/aromatic N) is 2. The molecule has 29 heavy (non-hydrogen) atoms. The summed E-state index contributed by atoms with van der Waals surface area (Å²) >= 11 is 3.24. The van der Waals surface area contributed by atoms with Crippen LogP contribution in [0.1, 0.15) is 48.9 Å². The van der Waals surface area contributed by atoms with Crippen LogP contribution in [0.2, 0.25) is 0 Å². The summed E-state index contributed by atoms with van der Waals surface area (Å²) in [7, 11) is 1.41. The number of aldehydes is 1. The maximum absolute atomic E-state index is 13.4. The van der Waals surface area contributed by atoms with E-state index in [4.69, 9.17) is 9.72 Å². The third-order valence-electron chi connectivity index (χ3n) is 5.68. The van der Waals surface area contributed by atoms with Gasteiger partial charge in [-0.05, 0) is 43.4 Å². The monoisotopic (exact) mass is 432 g/mol. The molecule has 1 aliphatic heterocycles. The van der Waals surface area contributed by atoms with Gasteiger partial charge in [0.1, 0.15) is 16.9 Å². The van der Waals surface area contributed by atoms with Gasteiger partial charge in [0.15, 0.2) is 0 Å². The summed E-state index contributed by atoms with van der Waals surface area (Å²) in [6.45, 7) is 2.60. The number of carbonyl (C=O) groups is 2.